The lowest BCUT2D eigenvalue weighted by Gasteiger charge is -2.17. The molecule has 0 N–H and O–H groups in total. The predicted molar refractivity (Wildman–Crippen MR) is 93.2 cm³/mol. The van der Waals surface area contributed by atoms with E-state index in [0.717, 1.165) is 12.2 Å². The normalized spacial score (nSPS) is 29.4. The van der Waals surface area contributed by atoms with Crippen molar-refractivity contribution in [1.82, 2.24) is 0 Å². The van der Waals surface area contributed by atoms with Crippen molar-refractivity contribution in [2.45, 2.75) is 6.42 Å². The van der Waals surface area contributed by atoms with Crippen LogP contribution in [0, 0.1) is 23.7 Å². The van der Waals surface area contributed by atoms with Gasteiger partial charge in [-0.05, 0) is 54.7 Å². The number of carbonyl (C=O) groups excluding carboxylic acids is 2. The van der Waals surface area contributed by atoms with Crippen molar-refractivity contribution in [3.05, 3.63) is 66.7 Å². The Labute approximate surface area is 145 Å². The Kier molecular flexibility index (Phi) is 3.07. The van der Waals surface area contributed by atoms with Gasteiger partial charge in [0, 0.05) is 0 Å². The van der Waals surface area contributed by atoms with Crippen LogP contribution in [0.2, 0.25) is 0 Å². The molecule has 2 fully saturated rings. The summed E-state index contributed by atoms with van der Waals surface area (Å²) in [5.74, 6) is 1.46. The fraction of sp³-hybridized carbons (Fsp3) is 0.238. The van der Waals surface area contributed by atoms with Crippen LogP contribution in [0.15, 0.2) is 66.7 Å². The molecule has 2 amide bonds. The number of hydrogen-bond donors (Lipinski definition) is 0. The van der Waals surface area contributed by atoms with Crippen LogP contribution >= 0.6 is 0 Å². The van der Waals surface area contributed by atoms with Crippen molar-refractivity contribution >= 4 is 17.5 Å². The third-order valence-corrected chi connectivity index (χ3v) is 5.54. The van der Waals surface area contributed by atoms with E-state index in [9.17, 15) is 9.59 Å². The average molecular weight is 331 g/mol. The molecular formula is C21H17NO3. The summed E-state index contributed by atoms with van der Waals surface area (Å²) in [6.07, 6.45) is 5.17. The number of ether oxygens (including phenoxy) is 1. The molecule has 2 aromatic rings. The van der Waals surface area contributed by atoms with Gasteiger partial charge in [0.2, 0.25) is 11.8 Å². The van der Waals surface area contributed by atoms with E-state index in [2.05, 4.69) is 12.2 Å². The van der Waals surface area contributed by atoms with Gasteiger partial charge >= 0.3 is 0 Å². The number of fused-ring (bicyclic) bond motifs is 5. The molecule has 3 aliphatic rings. The lowest BCUT2D eigenvalue weighted by atomic mass is 9.85. The fourth-order valence-corrected chi connectivity index (χ4v) is 4.44. The first-order valence-corrected chi connectivity index (χ1v) is 8.61. The SMILES string of the molecule is O=C1[C@@H]2[C@H](C(=O)N1c1ccc(Oc3ccccc3)cc1)[C@@H]1C=C[C@H]2C1. The number of rotatable bonds is 3. The standard InChI is InChI=1S/C21H17NO3/c23-20-18-13-6-7-14(12-13)19(18)21(24)22(20)15-8-10-17(11-9-15)25-16-4-2-1-3-5-16/h1-11,13-14,18-19H,12H2/t13-,14+,18-,19+. The number of benzene rings is 2. The lowest BCUT2D eigenvalue weighted by Crippen LogP contribution is -2.32. The molecule has 2 bridgehead atoms. The van der Waals surface area contributed by atoms with E-state index in [1.54, 1.807) is 24.3 Å². The monoisotopic (exact) mass is 331 g/mol. The third kappa shape index (κ3) is 2.14. The van der Waals surface area contributed by atoms with E-state index in [4.69, 9.17) is 4.74 Å². The molecular weight excluding hydrogens is 314 g/mol. The highest BCUT2D eigenvalue weighted by Gasteiger charge is 2.59. The molecule has 4 heteroatoms. The minimum atomic E-state index is -0.164. The number of para-hydroxylation sites is 1. The molecule has 5 rings (SSSR count). The predicted octanol–water partition coefficient (Wildman–Crippen LogP) is 3.79. The minimum Gasteiger partial charge on any atom is -0.457 e. The summed E-state index contributed by atoms with van der Waals surface area (Å²) in [4.78, 5) is 27.0. The zero-order chi connectivity index (χ0) is 17.0. The van der Waals surface area contributed by atoms with Crippen LogP contribution in [0.1, 0.15) is 6.42 Å². The highest BCUT2D eigenvalue weighted by Crippen LogP contribution is 2.53. The molecule has 1 saturated heterocycles. The van der Waals surface area contributed by atoms with E-state index in [1.807, 2.05) is 30.3 Å². The van der Waals surface area contributed by atoms with E-state index in [-0.39, 0.29) is 35.5 Å². The molecule has 4 atom stereocenters. The van der Waals surface area contributed by atoms with Gasteiger partial charge in [0.1, 0.15) is 11.5 Å². The summed E-state index contributed by atoms with van der Waals surface area (Å²) < 4.78 is 5.77. The van der Waals surface area contributed by atoms with Crippen molar-refractivity contribution in [3.63, 3.8) is 0 Å². The van der Waals surface area contributed by atoms with Crippen LogP contribution in [-0.2, 0) is 9.59 Å². The number of hydrogen-bond acceptors (Lipinski definition) is 3. The van der Waals surface area contributed by atoms with Crippen LogP contribution in [0.3, 0.4) is 0 Å². The van der Waals surface area contributed by atoms with Crippen molar-refractivity contribution in [1.29, 1.82) is 0 Å². The maximum atomic E-state index is 12.8. The summed E-state index contributed by atoms with van der Waals surface area (Å²) in [5.41, 5.74) is 0.629. The first kappa shape index (κ1) is 14.5. The number of amides is 2. The summed E-state index contributed by atoms with van der Waals surface area (Å²) in [5, 5.41) is 0. The first-order valence-electron chi connectivity index (χ1n) is 8.61. The summed E-state index contributed by atoms with van der Waals surface area (Å²) >= 11 is 0. The van der Waals surface area contributed by atoms with Gasteiger partial charge in [0.05, 0.1) is 17.5 Å². The number of imide groups is 1. The van der Waals surface area contributed by atoms with E-state index in [0.29, 0.717) is 11.4 Å². The molecule has 0 spiro atoms. The Balaban J connectivity index is 1.39. The van der Waals surface area contributed by atoms with Gasteiger partial charge in [0.15, 0.2) is 0 Å². The van der Waals surface area contributed by atoms with Gasteiger partial charge in [-0.3, -0.25) is 14.5 Å². The van der Waals surface area contributed by atoms with E-state index in [1.165, 1.54) is 4.90 Å². The van der Waals surface area contributed by atoms with Crippen molar-refractivity contribution in [2.75, 3.05) is 4.90 Å². The molecule has 2 aromatic carbocycles. The van der Waals surface area contributed by atoms with Gasteiger partial charge in [-0.25, -0.2) is 0 Å². The molecule has 25 heavy (non-hydrogen) atoms. The van der Waals surface area contributed by atoms with Crippen LogP contribution in [-0.4, -0.2) is 11.8 Å². The van der Waals surface area contributed by atoms with E-state index >= 15 is 0 Å². The van der Waals surface area contributed by atoms with E-state index < -0.39 is 0 Å². The Morgan fingerprint density at radius 3 is 1.92 bits per heavy atom. The van der Waals surface area contributed by atoms with Crippen molar-refractivity contribution < 1.29 is 14.3 Å². The number of carbonyl (C=O) groups is 2. The van der Waals surface area contributed by atoms with Crippen LogP contribution in [0.4, 0.5) is 5.69 Å². The second-order valence-electron chi connectivity index (χ2n) is 6.92. The summed E-state index contributed by atoms with van der Waals surface area (Å²) in [6.45, 7) is 0. The zero-order valence-electron chi connectivity index (χ0n) is 13.5. The van der Waals surface area contributed by atoms with Crippen molar-refractivity contribution in [2.24, 2.45) is 23.7 Å². The quantitative estimate of drug-likeness (QED) is 0.635. The fourth-order valence-electron chi connectivity index (χ4n) is 4.44. The number of allylic oxidation sites excluding steroid dienone is 2. The Morgan fingerprint density at radius 2 is 1.32 bits per heavy atom. The summed E-state index contributed by atoms with van der Waals surface area (Å²) in [6, 6.07) is 16.7. The average Bonchev–Trinajstić information content (AvgIpc) is 3.31. The first-order chi connectivity index (χ1) is 12.2. The molecule has 0 radical (unpaired) electrons. The molecule has 1 aliphatic heterocycles. The maximum Gasteiger partial charge on any atom is 0.238 e. The molecule has 1 heterocycles. The minimum absolute atomic E-state index is 0.0522. The second kappa shape index (κ2) is 5.31. The zero-order valence-corrected chi connectivity index (χ0v) is 13.5. The van der Waals surface area contributed by atoms with Gasteiger partial charge < -0.3 is 4.74 Å². The Bertz CT molecular complexity index is 842. The van der Waals surface area contributed by atoms with Gasteiger partial charge in [0.25, 0.3) is 0 Å². The van der Waals surface area contributed by atoms with Crippen LogP contribution in [0.5, 0.6) is 11.5 Å². The molecule has 1 saturated carbocycles. The molecule has 0 aromatic heterocycles. The Hall–Kier alpha value is -2.88. The lowest BCUT2D eigenvalue weighted by molar-refractivity contribution is -0.123. The van der Waals surface area contributed by atoms with Crippen molar-refractivity contribution in [3.8, 4) is 11.5 Å². The smallest absolute Gasteiger partial charge is 0.238 e. The highest BCUT2D eigenvalue weighted by molar-refractivity contribution is 6.22. The third-order valence-electron chi connectivity index (χ3n) is 5.54. The molecule has 0 unspecified atom stereocenters. The topological polar surface area (TPSA) is 46.6 Å². The Morgan fingerprint density at radius 1 is 0.760 bits per heavy atom. The number of nitrogens with zero attached hydrogens (tertiary/aromatic N) is 1. The van der Waals surface area contributed by atoms with Gasteiger partial charge in [-0.1, -0.05) is 30.4 Å². The highest BCUT2D eigenvalue weighted by atomic mass is 16.5. The molecule has 2 aliphatic carbocycles. The van der Waals surface area contributed by atoms with Crippen LogP contribution < -0.4 is 9.64 Å². The largest absolute Gasteiger partial charge is 0.457 e. The molecule has 124 valence electrons. The van der Waals surface area contributed by atoms with Gasteiger partial charge in [-0.15, -0.1) is 0 Å². The number of anilines is 1. The maximum absolute atomic E-state index is 12.8. The van der Waals surface area contributed by atoms with Gasteiger partial charge in [-0.2, -0.15) is 0 Å². The summed E-state index contributed by atoms with van der Waals surface area (Å²) in [7, 11) is 0. The second-order valence-corrected chi connectivity index (χ2v) is 6.92. The van der Waals surface area contributed by atoms with Crippen LogP contribution in [0.25, 0.3) is 0 Å². The molecule has 4 nitrogen and oxygen atoms in total.